The Morgan fingerprint density at radius 2 is 2.10 bits per heavy atom. The van der Waals surface area contributed by atoms with E-state index >= 15 is 0 Å². The number of rotatable bonds is 7. The number of hydrogen-bond acceptors (Lipinski definition) is 3. The van der Waals surface area contributed by atoms with Crippen LogP contribution in [-0.4, -0.2) is 25.0 Å². The number of furan rings is 1. The first-order valence-corrected chi connectivity index (χ1v) is 8.18. The van der Waals surface area contributed by atoms with Crippen molar-refractivity contribution in [3.8, 4) is 0 Å². The quantitative estimate of drug-likeness (QED) is 0.840. The van der Waals surface area contributed by atoms with Crippen LogP contribution >= 0.6 is 0 Å². The molecule has 1 heterocycles. The summed E-state index contributed by atoms with van der Waals surface area (Å²) in [5.41, 5.74) is 2.33. The molecule has 114 valence electrons. The van der Waals surface area contributed by atoms with Gasteiger partial charge in [-0.25, -0.2) is 0 Å². The van der Waals surface area contributed by atoms with Crippen molar-refractivity contribution in [2.75, 3.05) is 20.1 Å². The van der Waals surface area contributed by atoms with Crippen LogP contribution in [0, 0.1) is 5.92 Å². The Balaban J connectivity index is 1.82. The van der Waals surface area contributed by atoms with Gasteiger partial charge in [0.05, 0.1) is 6.54 Å². The first kappa shape index (κ1) is 14.6. The van der Waals surface area contributed by atoms with Crippen molar-refractivity contribution in [2.45, 2.75) is 39.3 Å². The molecule has 0 saturated heterocycles. The van der Waals surface area contributed by atoms with E-state index in [1.54, 1.807) is 0 Å². The maximum Gasteiger partial charge on any atom is 0.134 e. The molecular formula is C18H26N2O. The van der Waals surface area contributed by atoms with Crippen molar-refractivity contribution in [3.63, 3.8) is 0 Å². The minimum Gasteiger partial charge on any atom is -0.459 e. The summed E-state index contributed by atoms with van der Waals surface area (Å²) in [6, 6.07) is 8.37. The molecular weight excluding hydrogens is 260 g/mol. The van der Waals surface area contributed by atoms with E-state index in [0.717, 1.165) is 36.9 Å². The zero-order valence-electron chi connectivity index (χ0n) is 13.2. The van der Waals surface area contributed by atoms with Crippen molar-refractivity contribution in [1.82, 2.24) is 10.2 Å². The highest BCUT2D eigenvalue weighted by Crippen LogP contribution is 2.30. The Kier molecular flexibility index (Phi) is 4.61. The highest BCUT2D eigenvalue weighted by atomic mass is 16.3. The van der Waals surface area contributed by atoms with Gasteiger partial charge in [0.2, 0.25) is 0 Å². The first-order valence-electron chi connectivity index (χ1n) is 8.18. The first-order chi connectivity index (χ1) is 10.3. The largest absolute Gasteiger partial charge is 0.459 e. The lowest BCUT2D eigenvalue weighted by Crippen LogP contribution is -2.32. The van der Waals surface area contributed by atoms with Crippen LogP contribution in [0.3, 0.4) is 0 Å². The van der Waals surface area contributed by atoms with Gasteiger partial charge in [0.1, 0.15) is 11.3 Å². The average Bonchev–Trinajstić information content (AvgIpc) is 2.80. The maximum absolute atomic E-state index is 6.14. The van der Waals surface area contributed by atoms with Gasteiger partial charge in [-0.3, -0.25) is 4.90 Å². The number of nitrogens with zero attached hydrogens (tertiary/aromatic N) is 1. The Morgan fingerprint density at radius 1 is 1.29 bits per heavy atom. The van der Waals surface area contributed by atoms with Crippen LogP contribution in [0.15, 0.2) is 28.7 Å². The molecule has 0 aliphatic heterocycles. The SMILES string of the molecule is CCN(Cc1oc2ccccc2c1CNC)CC1CCC1. The van der Waals surface area contributed by atoms with Gasteiger partial charge < -0.3 is 9.73 Å². The summed E-state index contributed by atoms with van der Waals surface area (Å²) in [6.45, 7) is 6.35. The third-order valence-corrected chi connectivity index (χ3v) is 4.69. The summed E-state index contributed by atoms with van der Waals surface area (Å²) >= 11 is 0. The van der Waals surface area contributed by atoms with E-state index in [1.165, 1.54) is 36.8 Å². The second kappa shape index (κ2) is 6.63. The number of hydrogen-bond donors (Lipinski definition) is 1. The van der Waals surface area contributed by atoms with Gasteiger partial charge in [-0.1, -0.05) is 31.5 Å². The van der Waals surface area contributed by atoms with Crippen molar-refractivity contribution < 1.29 is 4.42 Å². The van der Waals surface area contributed by atoms with Crippen molar-refractivity contribution in [1.29, 1.82) is 0 Å². The van der Waals surface area contributed by atoms with E-state index < -0.39 is 0 Å². The Bertz CT molecular complexity index is 586. The van der Waals surface area contributed by atoms with Gasteiger partial charge in [0.25, 0.3) is 0 Å². The smallest absolute Gasteiger partial charge is 0.134 e. The highest BCUT2D eigenvalue weighted by molar-refractivity contribution is 5.82. The van der Waals surface area contributed by atoms with Crippen LogP contribution in [0.1, 0.15) is 37.5 Å². The van der Waals surface area contributed by atoms with Crippen molar-refractivity contribution >= 4 is 11.0 Å². The number of benzene rings is 1. The molecule has 21 heavy (non-hydrogen) atoms. The molecule has 0 bridgehead atoms. The lowest BCUT2D eigenvalue weighted by atomic mass is 9.85. The second-order valence-corrected chi connectivity index (χ2v) is 6.15. The topological polar surface area (TPSA) is 28.4 Å². The van der Waals surface area contributed by atoms with E-state index in [-0.39, 0.29) is 0 Å². The summed E-state index contributed by atoms with van der Waals surface area (Å²) < 4.78 is 6.14. The third kappa shape index (κ3) is 3.14. The maximum atomic E-state index is 6.14. The Morgan fingerprint density at radius 3 is 2.76 bits per heavy atom. The number of nitrogens with one attached hydrogen (secondary N) is 1. The molecule has 3 rings (SSSR count). The van der Waals surface area contributed by atoms with Gasteiger partial charge in [-0.15, -0.1) is 0 Å². The lowest BCUT2D eigenvalue weighted by molar-refractivity contribution is 0.169. The molecule has 2 aromatic rings. The summed E-state index contributed by atoms with van der Waals surface area (Å²) in [6.07, 6.45) is 4.22. The third-order valence-electron chi connectivity index (χ3n) is 4.69. The predicted octanol–water partition coefficient (Wildman–Crippen LogP) is 3.77. The standard InChI is InChI=1S/C18H26N2O/c1-3-20(12-14-7-6-8-14)13-18-16(11-19-2)15-9-4-5-10-17(15)21-18/h4-5,9-10,14,19H,3,6-8,11-13H2,1-2H3. The average molecular weight is 286 g/mol. The molecule has 1 aliphatic carbocycles. The molecule has 1 N–H and O–H groups in total. The minimum atomic E-state index is 0.868. The van der Waals surface area contributed by atoms with Gasteiger partial charge >= 0.3 is 0 Å². The van der Waals surface area contributed by atoms with Crippen LogP contribution < -0.4 is 5.32 Å². The molecule has 0 radical (unpaired) electrons. The molecule has 1 aromatic heterocycles. The zero-order chi connectivity index (χ0) is 14.7. The van der Waals surface area contributed by atoms with Gasteiger partial charge in [0.15, 0.2) is 0 Å². The molecule has 1 fully saturated rings. The van der Waals surface area contributed by atoms with Crippen LogP contribution in [0.4, 0.5) is 0 Å². The molecule has 0 amide bonds. The second-order valence-electron chi connectivity index (χ2n) is 6.15. The minimum absolute atomic E-state index is 0.868. The van der Waals surface area contributed by atoms with Gasteiger partial charge in [-0.2, -0.15) is 0 Å². The normalized spacial score (nSPS) is 15.8. The zero-order valence-corrected chi connectivity index (χ0v) is 13.2. The van der Waals surface area contributed by atoms with Gasteiger partial charge in [-0.05, 0) is 38.4 Å². The van der Waals surface area contributed by atoms with Crippen LogP contribution in [0.2, 0.25) is 0 Å². The molecule has 0 unspecified atom stereocenters. The fourth-order valence-electron chi connectivity index (χ4n) is 3.20. The molecule has 0 spiro atoms. The van der Waals surface area contributed by atoms with E-state index in [4.69, 9.17) is 4.42 Å². The van der Waals surface area contributed by atoms with Crippen LogP contribution in [0.5, 0.6) is 0 Å². The summed E-state index contributed by atoms with van der Waals surface area (Å²) in [4.78, 5) is 2.53. The molecule has 3 nitrogen and oxygen atoms in total. The Hall–Kier alpha value is -1.32. The molecule has 1 aromatic carbocycles. The summed E-state index contributed by atoms with van der Waals surface area (Å²) in [5.74, 6) is 2.04. The molecule has 0 atom stereocenters. The van der Waals surface area contributed by atoms with Crippen molar-refractivity contribution in [3.05, 3.63) is 35.6 Å². The summed E-state index contributed by atoms with van der Waals surface area (Å²) in [7, 11) is 2.00. The molecule has 3 heteroatoms. The van der Waals surface area contributed by atoms with E-state index in [9.17, 15) is 0 Å². The monoisotopic (exact) mass is 286 g/mol. The fourth-order valence-corrected chi connectivity index (χ4v) is 3.20. The Labute approximate surface area is 127 Å². The summed E-state index contributed by atoms with van der Waals surface area (Å²) in [5, 5.41) is 4.53. The van der Waals surface area contributed by atoms with Gasteiger partial charge in [0, 0.05) is 24.0 Å². The van der Waals surface area contributed by atoms with E-state index in [0.29, 0.717) is 0 Å². The number of fused-ring (bicyclic) bond motifs is 1. The van der Waals surface area contributed by atoms with Crippen LogP contribution in [-0.2, 0) is 13.1 Å². The van der Waals surface area contributed by atoms with E-state index in [1.807, 2.05) is 13.1 Å². The van der Waals surface area contributed by atoms with Crippen LogP contribution in [0.25, 0.3) is 11.0 Å². The van der Waals surface area contributed by atoms with E-state index in [2.05, 4.69) is 35.3 Å². The van der Waals surface area contributed by atoms with Crippen molar-refractivity contribution in [2.24, 2.45) is 5.92 Å². The molecule has 1 aliphatic rings. The predicted molar refractivity (Wildman–Crippen MR) is 87.3 cm³/mol. The fraction of sp³-hybridized carbons (Fsp3) is 0.556. The highest BCUT2D eigenvalue weighted by Gasteiger charge is 2.22. The molecule has 1 saturated carbocycles. The number of para-hydroxylation sites is 1. The lowest BCUT2D eigenvalue weighted by Gasteiger charge is -2.31.